The number of aryl methyl sites for hydroxylation is 1. The summed E-state index contributed by atoms with van der Waals surface area (Å²) in [4.78, 5) is 26.0. The topological polar surface area (TPSA) is 83.6 Å². The van der Waals surface area contributed by atoms with E-state index >= 15 is 0 Å². The van der Waals surface area contributed by atoms with Gasteiger partial charge in [0.15, 0.2) is 9.84 Å². The molecule has 0 saturated carbocycles. The Kier molecular flexibility index (Phi) is 4.94. The third kappa shape index (κ3) is 3.76. The molecule has 1 aromatic carbocycles. The fourth-order valence-electron chi connectivity index (χ4n) is 3.42. The number of likely N-dealkylation sites (tertiary alicyclic amines) is 1. The molecule has 0 atom stereocenters. The minimum absolute atomic E-state index is 0.0150. The first-order chi connectivity index (χ1) is 11.9. The third-order valence-electron chi connectivity index (χ3n) is 4.92. The van der Waals surface area contributed by atoms with E-state index in [2.05, 4.69) is 11.9 Å². The summed E-state index contributed by atoms with van der Waals surface area (Å²) >= 11 is 0. The number of carbonyl (C=O) groups is 2. The molecule has 7 heteroatoms. The second-order valence-corrected chi connectivity index (χ2v) is 8.61. The monoisotopic (exact) mass is 362 g/mol. The summed E-state index contributed by atoms with van der Waals surface area (Å²) < 4.78 is 23.7. The lowest BCUT2D eigenvalue weighted by Crippen LogP contribution is -2.42. The summed E-state index contributed by atoms with van der Waals surface area (Å²) in [7, 11) is -3.11. The fraction of sp³-hybridized carbons (Fsp3) is 0.444. The quantitative estimate of drug-likeness (QED) is 0.812. The molecule has 0 aliphatic carbocycles. The van der Waals surface area contributed by atoms with Crippen LogP contribution >= 0.6 is 0 Å². The standard InChI is InChI=1S/C18H22N2O4S/c1-2-17(21)20-8-5-14(6-9-20)18(22)19-12-13-3-4-16-15(11-13)7-10-25(16,23)24/h2-4,11,14H,1,5-10,12H2,(H,19,22). The first-order valence-corrected chi connectivity index (χ1v) is 10.1. The van der Waals surface area contributed by atoms with Crippen molar-refractivity contribution >= 4 is 21.7 Å². The number of fused-ring (bicyclic) bond motifs is 1. The lowest BCUT2D eigenvalue weighted by molar-refractivity contribution is -0.132. The van der Waals surface area contributed by atoms with Crippen LogP contribution in [-0.2, 0) is 32.4 Å². The lowest BCUT2D eigenvalue weighted by Gasteiger charge is -2.30. The van der Waals surface area contributed by atoms with Crippen molar-refractivity contribution in [1.29, 1.82) is 0 Å². The van der Waals surface area contributed by atoms with Gasteiger partial charge in [-0.2, -0.15) is 0 Å². The third-order valence-corrected chi connectivity index (χ3v) is 6.73. The number of nitrogens with zero attached hydrogens (tertiary/aromatic N) is 1. The van der Waals surface area contributed by atoms with Gasteiger partial charge in [0, 0.05) is 25.6 Å². The normalized spacial score (nSPS) is 19.3. The van der Waals surface area contributed by atoms with Crippen LogP contribution in [0.25, 0.3) is 0 Å². The van der Waals surface area contributed by atoms with Crippen LogP contribution in [0, 0.1) is 5.92 Å². The number of carbonyl (C=O) groups excluding carboxylic acids is 2. The van der Waals surface area contributed by atoms with Gasteiger partial charge < -0.3 is 10.2 Å². The molecule has 0 bridgehead atoms. The molecule has 0 spiro atoms. The molecule has 25 heavy (non-hydrogen) atoms. The number of benzene rings is 1. The second kappa shape index (κ2) is 7.00. The van der Waals surface area contributed by atoms with E-state index in [9.17, 15) is 18.0 Å². The molecule has 2 amide bonds. The Hall–Kier alpha value is -2.15. The van der Waals surface area contributed by atoms with Gasteiger partial charge >= 0.3 is 0 Å². The van der Waals surface area contributed by atoms with Crippen molar-refractivity contribution in [2.45, 2.75) is 30.7 Å². The van der Waals surface area contributed by atoms with Gasteiger partial charge in [-0.1, -0.05) is 18.7 Å². The average Bonchev–Trinajstić information content (AvgIpc) is 2.93. The van der Waals surface area contributed by atoms with Gasteiger partial charge in [0.25, 0.3) is 0 Å². The largest absolute Gasteiger partial charge is 0.352 e. The Morgan fingerprint density at radius 2 is 2.00 bits per heavy atom. The number of amides is 2. The van der Waals surface area contributed by atoms with Crippen molar-refractivity contribution in [3.05, 3.63) is 42.0 Å². The predicted octanol–water partition coefficient (Wildman–Crippen LogP) is 1.06. The molecule has 0 unspecified atom stereocenters. The van der Waals surface area contributed by atoms with Crippen molar-refractivity contribution in [2.24, 2.45) is 5.92 Å². The van der Waals surface area contributed by atoms with Gasteiger partial charge in [0.2, 0.25) is 11.8 Å². The zero-order valence-corrected chi connectivity index (χ0v) is 14.8. The van der Waals surface area contributed by atoms with E-state index in [1.54, 1.807) is 17.0 Å². The second-order valence-electron chi connectivity index (χ2n) is 6.53. The summed E-state index contributed by atoms with van der Waals surface area (Å²) in [6.45, 7) is 5.00. The highest BCUT2D eigenvalue weighted by atomic mass is 32.2. The highest BCUT2D eigenvalue weighted by molar-refractivity contribution is 7.91. The number of hydrogen-bond donors (Lipinski definition) is 1. The summed E-state index contributed by atoms with van der Waals surface area (Å²) in [6, 6.07) is 5.26. The van der Waals surface area contributed by atoms with Crippen molar-refractivity contribution in [3.63, 3.8) is 0 Å². The highest BCUT2D eigenvalue weighted by Gasteiger charge is 2.27. The molecule has 6 nitrogen and oxygen atoms in total. The van der Waals surface area contributed by atoms with Crippen LogP contribution in [0.2, 0.25) is 0 Å². The SMILES string of the molecule is C=CC(=O)N1CCC(C(=O)NCc2ccc3c(c2)CCS3(=O)=O)CC1. The molecule has 0 radical (unpaired) electrons. The molecule has 2 aliphatic heterocycles. The van der Waals surface area contributed by atoms with Gasteiger partial charge in [-0.05, 0) is 42.5 Å². The van der Waals surface area contributed by atoms with Crippen LogP contribution < -0.4 is 5.32 Å². The fourth-order valence-corrected chi connectivity index (χ4v) is 4.96. The number of rotatable bonds is 4. The number of piperidine rings is 1. The van der Waals surface area contributed by atoms with E-state index in [1.807, 2.05) is 6.07 Å². The Balaban J connectivity index is 1.54. The van der Waals surface area contributed by atoms with Crippen LogP contribution in [-0.4, -0.2) is 44.0 Å². The smallest absolute Gasteiger partial charge is 0.245 e. The van der Waals surface area contributed by atoms with Crippen LogP contribution in [0.1, 0.15) is 24.0 Å². The van der Waals surface area contributed by atoms with E-state index in [0.717, 1.165) is 11.1 Å². The molecule has 3 rings (SSSR count). The van der Waals surface area contributed by atoms with Crippen LogP contribution in [0.3, 0.4) is 0 Å². The minimum Gasteiger partial charge on any atom is -0.352 e. The molecule has 0 aromatic heterocycles. The van der Waals surface area contributed by atoms with E-state index < -0.39 is 9.84 Å². The average molecular weight is 362 g/mol. The number of sulfone groups is 1. The van der Waals surface area contributed by atoms with E-state index in [0.29, 0.717) is 43.8 Å². The Morgan fingerprint density at radius 1 is 1.28 bits per heavy atom. The summed E-state index contributed by atoms with van der Waals surface area (Å²) in [5, 5.41) is 2.93. The van der Waals surface area contributed by atoms with Gasteiger partial charge in [-0.25, -0.2) is 8.42 Å². The molecular formula is C18H22N2O4S. The Labute approximate surface area is 147 Å². The first kappa shape index (κ1) is 17.7. The van der Waals surface area contributed by atoms with E-state index in [4.69, 9.17) is 0 Å². The van der Waals surface area contributed by atoms with Gasteiger partial charge in [-0.15, -0.1) is 0 Å². The molecule has 1 fully saturated rings. The summed E-state index contributed by atoms with van der Waals surface area (Å²) in [5.41, 5.74) is 1.74. The maximum atomic E-state index is 12.3. The van der Waals surface area contributed by atoms with Crippen molar-refractivity contribution in [3.8, 4) is 0 Å². The first-order valence-electron chi connectivity index (χ1n) is 8.44. The predicted molar refractivity (Wildman–Crippen MR) is 93.5 cm³/mol. The van der Waals surface area contributed by atoms with Crippen molar-refractivity contribution in [2.75, 3.05) is 18.8 Å². The highest BCUT2D eigenvalue weighted by Crippen LogP contribution is 2.26. The van der Waals surface area contributed by atoms with E-state index in [-0.39, 0.29) is 23.5 Å². The molecular weight excluding hydrogens is 340 g/mol. The van der Waals surface area contributed by atoms with Crippen molar-refractivity contribution < 1.29 is 18.0 Å². The van der Waals surface area contributed by atoms with Crippen LogP contribution in [0.4, 0.5) is 0 Å². The summed E-state index contributed by atoms with van der Waals surface area (Å²) in [6.07, 6.45) is 3.13. The molecule has 1 saturated heterocycles. The van der Waals surface area contributed by atoms with Gasteiger partial charge in [-0.3, -0.25) is 9.59 Å². The van der Waals surface area contributed by atoms with Crippen LogP contribution in [0.15, 0.2) is 35.7 Å². The van der Waals surface area contributed by atoms with E-state index in [1.165, 1.54) is 6.08 Å². The van der Waals surface area contributed by atoms with Gasteiger partial charge in [0.05, 0.1) is 10.6 Å². The molecule has 2 aliphatic rings. The summed E-state index contributed by atoms with van der Waals surface area (Å²) in [5.74, 6) is -0.0328. The van der Waals surface area contributed by atoms with Gasteiger partial charge in [0.1, 0.15) is 0 Å². The Bertz CT molecular complexity index is 808. The van der Waals surface area contributed by atoms with Crippen LogP contribution in [0.5, 0.6) is 0 Å². The molecule has 2 heterocycles. The maximum Gasteiger partial charge on any atom is 0.245 e. The molecule has 134 valence electrons. The lowest BCUT2D eigenvalue weighted by atomic mass is 9.95. The Morgan fingerprint density at radius 3 is 2.68 bits per heavy atom. The minimum atomic E-state index is -3.11. The van der Waals surface area contributed by atoms with Crippen molar-refractivity contribution in [1.82, 2.24) is 10.2 Å². The molecule has 1 N–H and O–H groups in total. The zero-order valence-electron chi connectivity index (χ0n) is 14.0. The number of hydrogen-bond acceptors (Lipinski definition) is 4. The number of nitrogens with one attached hydrogen (secondary N) is 1. The maximum absolute atomic E-state index is 12.3. The zero-order chi connectivity index (χ0) is 18.0. The molecule has 1 aromatic rings.